The molecule has 1 atom stereocenters. The minimum Gasteiger partial charge on any atom is -0.495 e. The molecule has 0 aliphatic rings. The van der Waals surface area contributed by atoms with Crippen LogP contribution in [0.5, 0.6) is 5.75 Å². The summed E-state index contributed by atoms with van der Waals surface area (Å²) in [6, 6.07) is 5.01. The van der Waals surface area contributed by atoms with Gasteiger partial charge in [0, 0.05) is 25.8 Å². The summed E-state index contributed by atoms with van der Waals surface area (Å²) in [5.74, 6) is 0.597. The predicted octanol–water partition coefficient (Wildman–Crippen LogP) is 2.24. The first kappa shape index (κ1) is 13.6. The van der Waals surface area contributed by atoms with Gasteiger partial charge in [0.1, 0.15) is 11.8 Å². The highest BCUT2D eigenvalue weighted by Crippen LogP contribution is 2.27. The lowest BCUT2D eigenvalue weighted by atomic mass is 10.2. The third kappa shape index (κ3) is 3.53. The molecule has 0 radical (unpaired) electrons. The number of nitrogens with one attached hydrogen (secondary N) is 1. The summed E-state index contributed by atoms with van der Waals surface area (Å²) in [7, 11) is 5.01. The molecule has 0 spiro atoms. The SMILES string of the molecule is COc1cc(NC(C)C(=O)N(C)C)ccc1Cl. The van der Waals surface area contributed by atoms with Crippen molar-refractivity contribution in [1.82, 2.24) is 4.90 Å². The molecule has 1 rings (SSSR count). The first-order valence-electron chi connectivity index (χ1n) is 5.27. The van der Waals surface area contributed by atoms with Gasteiger partial charge in [0.2, 0.25) is 5.91 Å². The highest BCUT2D eigenvalue weighted by molar-refractivity contribution is 6.32. The van der Waals surface area contributed by atoms with Gasteiger partial charge in [0.05, 0.1) is 12.1 Å². The maximum Gasteiger partial charge on any atom is 0.244 e. The Morgan fingerprint density at radius 2 is 2.12 bits per heavy atom. The molecule has 4 nitrogen and oxygen atoms in total. The highest BCUT2D eigenvalue weighted by atomic mass is 35.5. The van der Waals surface area contributed by atoms with Crippen molar-refractivity contribution < 1.29 is 9.53 Å². The summed E-state index contributed by atoms with van der Waals surface area (Å²) in [5.41, 5.74) is 0.800. The third-order valence-electron chi connectivity index (χ3n) is 2.35. The van der Waals surface area contributed by atoms with Gasteiger partial charge < -0.3 is 15.0 Å². The van der Waals surface area contributed by atoms with Crippen LogP contribution >= 0.6 is 11.6 Å². The number of methoxy groups -OCH3 is 1. The molecule has 1 unspecified atom stereocenters. The molecular weight excluding hydrogens is 240 g/mol. The molecular formula is C12H17ClN2O2. The lowest BCUT2D eigenvalue weighted by molar-refractivity contribution is -0.129. The van der Waals surface area contributed by atoms with Crippen molar-refractivity contribution in [3.63, 3.8) is 0 Å². The number of benzene rings is 1. The summed E-state index contributed by atoms with van der Waals surface area (Å²) >= 11 is 5.92. The van der Waals surface area contributed by atoms with E-state index in [9.17, 15) is 4.79 Å². The number of amides is 1. The Kier molecular flexibility index (Phi) is 4.63. The van der Waals surface area contributed by atoms with Crippen LogP contribution in [-0.4, -0.2) is 38.1 Å². The fourth-order valence-electron chi connectivity index (χ4n) is 1.45. The van der Waals surface area contributed by atoms with Crippen LogP contribution in [0.2, 0.25) is 5.02 Å². The molecule has 0 saturated carbocycles. The Labute approximate surface area is 107 Å². The number of hydrogen-bond acceptors (Lipinski definition) is 3. The molecule has 5 heteroatoms. The molecule has 0 fully saturated rings. The van der Waals surface area contributed by atoms with Crippen LogP contribution in [0.25, 0.3) is 0 Å². The van der Waals surface area contributed by atoms with Crippen LogP contribution in [0.4, 0.5) is 5.69 Å². The first-order valence-corrected chi connectivity index (χ1v) is 5.64. The van der Waals surface area contributed by atoms with E-state index in [0.717, 1.165) is 5.69 Å². The normalized spacial score (nSPS) is 11.8. The molecule has 0 saturated heterocycles. The molecule has 1 aromatic carbocycles. The van der Waals surface area contributed by atoms with E-state index in [0.29, 0.717) is 10.8 Å². The third-order valence-corrected chi connectivity index (χ3v) is 2.66. The second-order valence-electron chi connectivity index (χ2n) is 3.95. The Balaban J connectivity index is 2.78. The number of halogens is 1. The zero-order valence-corrected chi connectivity index (χ0v) is 11.2. The lowest BCUT2D eigenvalue weighted by Crippen LogP contribution is -2.36. The fraction of sp³-hybridized carbons (Fsp3) is 0.417. The molecule has 0 aromatic heterocycles. The van der Waals surface area contributed by atoms with E-state index in [2.05, 4.69) is 5.32 Å². The van der Waals surface area contributed by atoms with E-state index in [-0.39, 0.29) is 11.9 Å². The van der Waals surface area contributed by atoms with Crippen molar-refractivity contribution in [2.45, 2.75) is 13.0 Å². The summed E-state index contributed by atoms with van der Waals surface area (Å²) in [5, 5.41) is 3.64. The van der Waals surface area contributed by atoms with E-state index < -0.39 is 0 Å². The zero-order chi connectivity index (χ0) is 13.0. The van der Waals surface area contributed by atoms with Crippen molar-refractivity contribution in [3.05, 3.63) is 23.2 Å². The molecule has 94 valence electrons. The number of likely N-dealkylation sites (N-methyl/N-ethyl adjacent to an activating group) is 1. The summed E-state index contributed by atoms with van der Waals surface area (Å²) in [6.45, 7) is 1.81. The van der Waals surface area contributed by atoms with Crippen molar-refractivity contribution >= 4 is 23.2 Å². The number of rotatable bonds is 4. The standard InChI is InChI=1S/C12H17ClN2O2/c1-8(12(16)15(2)3)14-9-5-6-10(13)11(7-9)17-4/h5-8,14H,1-4H3. The van der Waals surface area contributed by atoms with Gasteiger partial charge in [-0.3, -0.25) is 4.79 Å². The average molecular weight is 257 g/mol. The molecule has 0 aliphatic carbocycles. The number of carbonyl (C=O) groups is 1. The second-order valence-corrected chi connectivity index (χ2v) is 4.36. The predicted molar refractivity (Wildman–Crippen MR) is 69.8 cm³/mol. The van der Waals surface area contributed by atoms with Gasteiger partial charge in [-0.1, -0.05) is 11.6 Å². The van der Waals surface area contributed by atoms with E-state index in [1.807, 2.05) is 13.0 Å². The van der Waals surface area contributed by atoms with Crippen molar-refractivity contribution in [2.75, 3.05) is 26.5 Å². The van der Waals surface area contributed by atoms with Gasteiger partial charge in [0.15, 0.2) is 0 Å². The van der Waals surface area contributed by atoms with Crippen molar-refractivity contribution in [1.29, 1.82) is 0 Å². The van der Waals surface area contributed by atoms with Gasteiger partial charge >= 0.3 is 0 Å². The second kappa shape index (κ2) is 5.77. The van der Waals surface area contributed by atoms with E-state index in [1.165, 1.54) is 0 Å². The minimum atomic E-state index is -0.295. The maximum atomic E-state index is 11.7. The first-order chi connectivity index (χ1) is 7.95. The van der Waals surface area contributed by atoms with Crippen LogP contribution in [0.1, 0.15) is 6.92 Å². The monoisotopic (exact) mass is 256 g/mol. The quantitative estimate of drug-likeness (QED) is 0.898. The lowest BCUT2D eigenvalue weighted by Gasteiger charge is -2.19. The summed E-state index contributed by atoms with van der Waals surface area (Å²) in [4.78, 5) is 13.2. The summed E-state index contributed by atoms with van der Waals surface area (Å²) < 4.78 is 5.11. The van der Waals surface area contributed by atoms with E-state index >= 15 is 0 Å². The largest absolute Gasteiger partial charge is 0.495 e. The van der Waals surface area contributed by atoms with Crippen LogP contribution in [0.3, 0.4) is 0 Å². The number of nitrogens with zero attached hydrogens (tertiary/aromatic N) is 1. The fourth-order valence-corrected chi connectivity index (χ4v) is 1.64. The number of carbonyl (C=O) groups excluding carboxylic acids is 1. The van der Waals surface area contributed by atoms with Crippen LogP contribution in [0, 0.1) is 0 Å². The van der Waals surface area contributed by atoms with Gasteiger partial charge in [-0.15, -0.1) is 0 Å². The van der Waals surface area contributed by atoms with Crippen molar-refractivity contribution in [3.8, 4) is 5.75 Å². The maximum absolute atomic E-state index is 11.7. The Morgan fingerprint density at radius 3 is 2.65 bits per heavy atom. The Hall–Kier alpha value is -1.42. The van der Waals surface area contributed by atoms with Crippen LogP contribution < -0.4 is 10.1 Å². The number of hydrogen-bond donors (Lipinski definition) is 1. The van der Waals surface area contributed by atoms with E-state index in [1.54, 1.807) is 38.2 Å². The number of ether oxygens (including phenoxy) is 1. The molecule has 0 heterocycles. The summed E-state index contributed by atoms with van der Waals surface area (Å²) in [6.07, 6.45) is 0. The number of anilines is 1. The Bertz CT molecular complexity index is 407. The Morgan fingerprint density at radius 1 is 1.47 bits per heavy atom. The smallest absolute Gasteiger partial charge is 0.244 e. The van der Waals surface area contributed by atoms with Crippen LogP contribution in [0.15, 0.2) is 18.2 Å². The molecule has 17 heavy (non-hydrogen) atoms. The van der Waals surface area contributed by atoms with Gasteiger partial charge in [-0.2, -0.15) is 0 Å². The molecule has 1 amide bonds. The molecule has 1 aromatic rings. The molecule has 0 aliphatic heterocycles. The van der Waals surface area contributed by atoms with Gasteiger partial charge in [-0.05, 0) is 19.1 Å². The molecule has 1 N–H and O–H groups in total. The van der Waals surface area contributed by atoms with Crippen molar-refractivity contribution in [2.24, 2.45) is 0 Å². The minimum absolute atomic E-state index is 0.0129. The van der Waals surface area contributed by atoms with E-state index in [4.69, 9.17) is 16.3 Å². The van der Waals surface area contributed by atoms with Crippen LogP contribution in [-0.2, 0) is 4.79 Å². The van der Waals surface area contributed by atoms with Gasteiger partial charge in [-0.25, -0.2) is 0 Å². The zero-order valence-electron chi connectivity index (χ0n) is 10.5. The topological polar surface area (TPSA) is 41.6 Å². The molecule has 0 bridgehead atoms. The highest BCUT2D eigenvalue weighted by Gasteiger charge is 2.14. The van der Waals surface area contributed by atoms with Gasteiger partial charge in [0.25, 0.3) is 0 Å². The average Bonchev–Trinajstić information content (AvgIpc) is 2.30.